The number of amides is 1. The summed E-state index contributed by atoms with van der Waals surface area (Å²) in [7, 11) is 1.69. The van der Waals surface area contributed by atoms with Crippen molar-refractivity contribution in [2.75, 3.05) is 32.1 Å². The van der Waals surface area contributed by atoms with Crippen LogP contribution in [-0.4, -0.2) is 52.1 Å². The Hall–Kier alpha value is -3.06. The van der Waals surface area contributed by atoms with Crippen LogP contribution < -0.4 is 10.1 Å². The molecule has 158 valence electrons. The van der Waals surface area contributed by atoms with E-state index in [4.69, 9.17) is 9.72 Å². The highest BCUT2D eigenvalue weighted by molar-refractivity contribution is 5.96. The molecule has 2 N–H and O–H groups in total. The second-order valence-corrected chi connectivity index (χ2v) is 7.89. The highest BCUT2D eigenvalue weighted by Gasteiger charge is 2.25. The molecule has 0 fully saturated rings. The van der Waals surface area contributed by atoms with Crippen LogP contribution in [0.25, 0.3) is 5.65 Å². The van der Waals surface area contributed by atoms with E-state index in [2.05, 4.69) is 18.3 Å². The summed E-state index contributed by atoms with van der Waals surface area (Å²) in [5, 5.41) is 12.9. The van der Waals surface area contributed by atoms with Crippen molar-refractivity contribution in [2.45, 2.75) is 33.2 Å². The second kappa shape index (κ2) is 7.99. The third-order valence-electron chi connectivity index (χ3n) is 5.85. The Morgan fingerprint density at radius 2 is 2.17 bits per heavy atom. The molecule has 1 aliphatic heterocycles. The van der Waals surface area contributed by atoms with Gasteiger partial charge in [-0.25, -0.2) is 4.98 Å². The quantitative estimate of drug-likeness (QED) is 0.678. The molecule has 0 bridgehead atoms. The molecular formula is C23H28N4O3. The average Bonchev–Trinajstić information content (AvgIpc) is 3.02. The number of aromatic nitrogens is 2. The molecular weight excluding hydrogens is 380 g/mol. The van der Waals surface area contributed by atoms with Crippen LogP contribution >= 0.6 is 0 Å². The van der Waals surface area contributed by atoms with Gasteiger partial charge in [0, 0.05) is 37.5 Å². The third-order valence-corrected chi connectivity index (χ3v) is 5.85. The molecule has 3 aromatic rings. The number of likely N-dealkylation sites (N-methyl/N-ethyl adjacent to an activating group) is 1. The molecule has 0 saturated heterocycles. The Bertz CT molecular complexity index is 1110. The number of aryl methyl sites for hydroxylation is 3. The average molecular weight is 409 g/mol. The van der Waals surface area contributed by atoms with Gasteiger partial charge in [-0.05, 0) is 38.5 Å². The van der Waals surface area contributed by atoms with Crippen LogP contribution in [0.2, 0.25) is 0 Å². The molecule has 1 unspecified atom stereocenters. The molecule has 0 aliphatic carbocycles. The lowest BCUT2D eigenvalue weighted by Crippen LogP contribution is -2.30. The first-order valence-corrected chi connectivity index (χ1v) is 10.2. The third kappa shape index (κ3) is 3.50. The molecule has 1 aliphatic rings. The molecule has 0 radical (unpaired) electrons. The van der Waals surface area contributed by atoms with Gasteiger partial charge in [0.15, 0.2) is 5.65 Å². The maximum atomic E-state index is 12.9. The zero-order chi connectivity index (χ0) is 21.4. The fourth-order valence-electron chi connectivity index (χ4n) is 4.06. The van der Waals surface area contributed by atoms with Crippen molar-refractivity contribution in [1.29, 1.82) is 0 Å². The summed E-state index contributed by atoms with van der Waals surface area (Å²) in [5.74, 6) is 0.767. The molecule has 2 aromatic heterocycles. The number of pyridine rings is 1. The van der Waals surface area contributed by atoms with Crippen molar-refractivity contribution in [3.05, 3.63) is 58.5 Å². The fraction of sp³-hybridized carbons (Fsp3) is 0.391. The zero-order valence-corrected chi connectivity index (χ0v) is 17.9. The van der Waals surface area contributed by atoms with Crippen molar-refractivity contribution in [2.24, 2.45) is 0 Å². The van der Waals surface area contributed by atoms with Crippen LogP contribution in [0.5, 0.6) is 5.75 Å². The van der Waals surface area contributed by atoms with E-state index >= 15 is 0 Å². The number of hydrogen-bond acceptors (Lipinski definition) is 5. The fourth-order valence-corrected chi connectivity index (χ4v) is 4.06. The SMILES string of the molecule is Cc1cccc2c1C(Nc1cc(C(=O)N(C)CCO)cn3c(C)c(C)nc13)CCO2. The molecule has 7 nitrogen and oxygen atoms in total. The number of nitrogens with one attached hydrogen (secondary N) is 1. The zero-order valence-electron chi connectivity index (χ0n) is 17.9. The van der Waals surface area contributed by atoms with E-state index in [1.165, 1.54) is 10.5 Å². The van der Waals surface area contributed by atoms with Gasteiger partial charge in [-0.1, -0.05) is 12.1 Å². The van der Waals surface area contributed by atoms with E-state index in [0.717, 1.165) is 40.5 Å². The summed E-state index contributed by atoms with van der Waals surface area (Å²) in [4.78, 5) is 19.2. The van der Waals surface area contributed by atoms with Crippen LogP contribution in [0.1, 0.15) is 45.3 Å². The summed E-state index contributed by atoms with van der Waals surface area (Å²) in [6, 6.07) is 8.03. The lowest BCUT2D eigenvalue weighted by atomic mass is 9.95. The van der Waals surface area contributed by atoms with E-state index in [0.29, 0.717) is 12.2 Å². The number of nitrogens with zero attached hydrogens (tertiary/aromatic N) is 3. The minimum atomic E-state index is -0.136. The van der Waals surface area contributed by atoms with E-state index < -0.39 is 0 Å². The van der Waals surface area contributed by atoms with Gasteiger partial charge in [0.1, 0.15) is 5.75 Å². The number of benzene rings is 1. The summed E-state index contributed by atoms with van der Waals surface area (Å²) in [5.41, 5.74) is 6.41. The van der Waals surface area contributed by atoms with Crippen LogP contribution in [0.3, 0.4) is 0 Å². The smallest absolute Gasteiger partial charge is 0.255 e. The highest BCUT2D eigenvalue weighted by Crippen LogP contribution is 2.37. The Morgan fingerprint density at radius 3 is 2.93 bits per heavy atom. The lowest BCUT2D eigenvalue weighted by molar-refractivity contribution is 0.0766. The van der Waals surface area contributed by atoms with Crippen LogP contribution in [0.15, 0.2) is 30.5 Å². The summed E-state index contributed by atoms with van der Waals surface area (Å²) in [6.07, 6.45) is 2.65. The minimum absolute atomic E-state index is 0.0663. The normalized spacial score (nSPS) is 15.6. The maximum absolute atomic E-state index is 12.9. The van der Waals surface area contributed by atoms with E-state index in [-0.39, 0.29) is 25.1 Å². The molecule has 1 amide bonds. The topological polar surface area (TPSA) is 79.1 Å². The number of imidazole rings is 1. The van der Waals surface area contributed by atoms with Crippen molar-refractivity contribution < 1.29 is 14.6 Å². The predicted octanol–water partition coefficient (Wildman–Crippen LogP) is 3.26. The first-order chi connectivity index (χ1) is 14.4. The van der Waals surface area contributed by atoms with E-state index in [1.807, 2.05) is 42.6 Å². The number of carbonyl (C=O) groups excluding carboxylic acids is 1. The van der Waals surface area contributed by atoms with Gasteiger partial charge in [0.25, 0.3) is 5.91 Å². The Morgan fingerprint density at radius 1 is 1.37 bits per heavy atom. The Balaban J connectivity index is 1.79. The number of hydrogen-bond donors (Lipinski definition) is 2. The van der Waals surface area contributed by atoms with Crippen LogP contribution in [0, 0.1) is 20.8 Å². The monoisotopic (exact) mass is 408 g/mol. The van der Waals surface area contributed by atoms with Gasteiger partial charge in [0.2, 0.25) is 0 Å². The number of aliphatic hydroxyl groups excluding tert-OH is 1. The highest BCUT2D eigenvalue weighted by atomic mass is 16.5. The summed E-state index contributed by atoms with van der Waals surface area (Å²) < 4.78 is 7.83. The molecule has 7 heteroatoms. The van der Waals surface area contributed by atoms with E-state index in [1.54, 1.807) is 7.05 Å². The van der Waals surface area contributed by atoms with Gasteiger partial charge in [-0.2, -0.15) is 0 Å². The minimum Gasteiger partial charge on any atom is -0.493 e. The van der Waals surface area contributed by atoms with E-state index in [9.17, 15) is 9.90 Å². The number of fused-ring (bicyclic) bond motifs is 2. The molecule has 3 heterocycles. The van der Waals surface area contributed by atoms with Gasteiger partial charge < -0.3 is 24.5 Å². The number of rotatable bonds is 5. The van der Waals surface area contributed by atoms with Crippen molar-refractivity contribution >= 4 is 17.2 Å². The first-order valence-electron chi connectivity index (χ1n) is 10.2. The summed E-state index contributed by atoms with van der Waals surface area (Å²) >= 11 is 0. The van der Waals surface area contributed by atoms with Gasteiger partial charge >= 0.3 is 0 Å². The van der Waals surface area contributed by atoms with Gasteiger partial charge in [-0.15, -0.1) is 0 Å². The molecule has 1 aromatic carbocycles. The molecule has 30 heavy (non-hydrogen) atoms. The molecule has 0 spiro atoms. The summed E-state index contributed by atoms with van der Waals surface area (Å²) in [6.45, 7) is 6.91. The largest absolute Gasteiger partial charge is 0.493 e. The predicted molar refractivity (Wildman–Crippen MR) is 116 cm³/mol. The first kappa shape index (κ1) is 20.2. The Labute approximate surface area is 176 Å². The van der Waals surface area contributed by atoms with Crippen molar-refractivity contribution in [3.63, 3.8) is 0 Å². The number of ether oxygens (including phenoxy) is 1. The molecule has 0 saturated carbocycles. The molecule has 1 atom stereocenters. The van der Waals surface area contributed by atoms with Gasteiger partial charge in [0.05, 0.1) is 36.2 Å². The van der Waals surface area contributed by atoms with Crippen molar-refractivity contribution in [3.8, 4) is 5.75 Å². The van der Waals surface area contributed by atoms with Gasteiger partial charge in [-0.3, -0.25) is 4.79 Å². The van der Waals surface area contributed by atoms with Crippen LogP contribution in [-0.2, 0) is 0 Å². The molecule has 4 rings (SSSR count). The second-order valence-electron chi connectivity index (χ2n) is 7.89. The number of anilines is 1. The maximum Gasteiger partial charge on any atom is 0.255 e. The standard InChI is InChI=1S/C23H28N4O3/c1-14-6-5-7-20-21(14)18(8-11-30-20)25-19-12-17(23(29)26(4)9-10-28)13-27-16(3)15(2)24-22(19)27/h5-7,12-13,18,25,28H,8-11H2,1-4H3. The van der Waals surface area contributed by atoms with Crippen molar-refractivity contribution in [1.82, 2.24) is 14.3 Å². The lowest BCUT2D eigenvalue weighted by Gasteiger charge is -2.29. The number of carbonyl (C=O) groups is 1. The van der Waals surface area contributed by atoms with Crippen LogP contribution in [0.4, 0.5) is 5.69 Å². The Kier molecular flexibility index (Phi) is 5.39. The number of aliphatic hydroxyl groups is 1.